The Bertz CT molecular complexity index is 443. The SMILES string of the molecule is CNc1cc(N(Cl)C(=O)OC(C)(C)C)ccc1N. The van der Waals surface area contributed by atoms with E-state index in [-0.39, 0.29) is 0 Å². The minimum Gasteiger partial charge on any atom is -0.443 e. The fraction of sp³-hybridized carbons (Fsp3) is 0.417. The number of nitrogens with zero attached hydrogens (tertiary/aromatic N) is 1. The second-order valence-corrected chi connectivity index (χ2v) is 5.12. The van der Waals surface area contributed by atoms with E-state index in [0.29, 0.717) is 17.1 Å². The molecule has 3 N–H and O–H groups in total. The van der Waals surface area contributed by atoms with Crippen LogP contribution in [0.4, 0.5) is 21.9 Å². The number of nitrogen functional groups attached to an aromatic ring is 1. The Balaban J connectivity index is 2.90. The summed E-state index contributed by atoms with van der Waals surface area (Å²) in [5.74, 6) is 0. The third-order valence-electron chi connectivity index (χ3n) is 2.09. The first-order valence-corrected chi connectivity index (χ1v) is 5.84. The molecule has 1 aromatic carbocycles. The summed E-state index contributed by atoms with van der Waals surface area (Å²) >= 11 is 5.93. The van der Waals surface area contributed by atoms with E-state index in [1.807, 2.05) is 0 Å². The molecule has 0 radical (unpaired) electrons. The molecular weight excluding hydrogens is 254 g/mol. The van der Waals surface area contributed by atoms with E-state index in [1.165, 1.54) is 0 Å². The summed E-state index contributed by atoms with van der Waals surface area (Å²) in [7, 11) is 1.74. The second kappa shape index (κ2) is 5.35. The third kappa shape index (κ3) is 3.70. The van der Waals surface area contributed by atoms with E-state index in [1.54, 1.807) is 46.0 Å². The molecule has 100 valence electrons. The molecule has 0 aliphatic rings. The quantitative estimate of drug-likeness (QED) is 0.640. The highest BCUT2D eigenvalue weighted by molar-refractivity contribution is 6.35. The number of carbonyl (C=O) groups excluding carboxylic acids is 1. The first kappa shape index (κ1) is 14.4. The second-order valence-electron chi connectivity index (χ2n) is 4.78. The van der Waals surface area contributed by atoms with Gasteiger partial charge >= 0.3 is 6.09 Å². The number of halogens is 1. The van der Waals surface area contributed by atoms with Crippen molar-refractivity contribution in [1.29, 1.82) is 0 Å². The predicted molar refractivity (Wildman–Crippen MR) is 75.0 cm³/mol. The number of benzene rings is 1. The summed E-state index contributed by atoms with van der Waals surface area (Å²) in [5.41, 5.74) is 6.91. The monoisotopic (exact) mass is 271 g/mol. The van der Waals surface area contributed by atoms with Crippen LogP contribution in [0.5, 0.6) is 0 Å². The molecule has 0 fully saturated rings. The molecular formula is C12H18ClN3O2. The summed E-state index contributed by atoms with van der Waals surface area (Å²) in [5, 5.41) is 2.92. The van der Waals surface area contributed by atoms with Gasteiger partial charge in [-0.05, 0) is 39.0 Å². The van der Waals surface area contributed by atoms with E-state index in [4.69, 9.17) is 22.2 Å². The first-order valence-electron chi connectivity index (χ1n) is 5.51. The molecule has 0 aliphatic heterocycles. The normalized spacial score (nSPS) is 10.9. The molecule has 0 saturated carbocycles. The Kier molecular flexibility index (Phi) is 4.29. The molecule has 0 aromatic heterocycles. The molecule has 1 amide bonds. The van der Waals surface area contributed by atoms with Crippen LogP contribution in [0.2, 0.25) is 0 Å². The van der Waals surface area contributed by atoms with Gasteiger partial charge in [-0.1, -0.05) is 0 Å². The van der Waals surface area contributed by atoms with E-state index in [2.05, 4.69) is 5.32 Å². The summed E-state index contributed by atoms with van der Waals surface area (Å²) < 4.78 is 6.08. The molecule has 5 nitrogen and oxygen atoms in total. The van der Waals surface area contributed by atoms with Crippen LogP contribution in [0.25, 0.3) is 0 Å². The molecule has 6 heteroatoms. The maximum atomic E-state index is 11.8. The van der Waals surface area contributed by atoms with Gasteiger partial charge in [0.1, 0.15) is 5.60 Å². The number of nitrogens with two attached hydrogens (primary N) is 1. The first-order chi connectivity index (χ1) is 8.24. The predicted octanol–water partition coefficient (Wildman–Crippen LogP) is 3.21. The maximum Gasteiger partial charge on any atom is 0.429 e. The van der Waals surface area contributed by atoms with Gasteiger partial charge in [0.05, 0.1) is 17.1 Å². The van der Waals surface area contributed by atoms with Crippen molar-refractivity contribution in [3.8, 4) is 0 Å². The number of hydrogen-bond donors (Lipinski definition) is 2. The van der Waals surface area contributed by atoms with Crippen molar-refractivity contribution < 1.29 is 9.53 Å². The highest BCUT2D eigenvalue weighted by Gasteiger charge is 2.22. The van der Waals surface area contributed by atoms with E-state index >= 15 is 0 Å². The zero-order chi connectivity index (χ0) is 13.9. The van der Waals surface area contributed by atoms with Gasteiger partial charge in [0.25, 0.3) is 0 Å². The van der Waals surface area contributed by atoms with Gasteiger partial charge in [0.2, 0.25) is 0 Å². The standard InChI is InChI=1S/C12H18ClN3O2/c1-12(2,3)18-11(17)16(13)8-5-6-9(14)10(7-8)15-4/h5-7,15H,14H2,1-4H3. The van der Waals surface area contributed by atoms with Crippen molar-refractivity contribution in [2.75, 3.05) is 22.5 Å². The Morgan fingerprint density at radius 1 is 1.44 bits per heavy atom. The average molecular weight is 272 g/mol. The average Bonchev–Trinajstić information content (AvgIpc) is 2.26. The lowest BCUT2D eigenvalue weighted by atomic mass is 10.2. The fourth-order valence-electron chi connectivity index (χ4n) is 1.29. The number of carbonyl (C=O) groups is 1. The van der Waals surface area contributed by atoms with Crippen LogP contribution in [0.1, 0.15) is 20.8 Å². The Morgan fingerprint density at radius 2 is 2.06 bits per heavy atom. The van der Waals surface area contributed by atoms with Crippen LogP contribution in [0.15, 0.2) is 18.2 Å². The molecule has 0 aliphatic carbocycles. The number of ether oxygens (including phenoxy) is 1. The van der Waals surface area contributed by atoms with Crippen LogP contribution < -0.4 is 15.5 Å². The molecule has 0 spiro atoms. The van der Waals surface area contributed by atoms with Crippen molar-refractivity contribution in [2.45, 2.75) is 26.4 Å². The largest absolute Gasteiger partial charge is 0.443 e. The molecule has 0 heterocycles. The van der Waals surface area contributed by atoms with Gasteiger partial charge in [-0.15, -0.1) is 0 Å². The van der Waals surface area contributed by atoms with E-state index in [9.17, 15) is 4.79 Å². The van der Waals surface area contributed by atoms with Crippen LogP contribution in [-0.4, -0.2) is 18.7 Å². The number of amides is 1. The van der Waals surface area contributed by atoms with Crippen LogP contribution in [0.3, 0.4) is 0 Å². The topological polar surface area (TPSA) is 67.6 Å². The van der Waals surface area contributed by atoms with Crippen LogP contribution >= 0.6 is 11.8 Å². The van der Waals surface area contributed by atoms with E-state index in [0.717, 1.165) is 4.42 Å². The highest BCUT2D eigenvalue weighted by atomic mass is 35.5. The molecule has 18 heavy (non-hydrogen) atoms. The van der Waals surface area contributed by atoms with Crippen LogP contribution in [0, 0.1) is 0 Å². The van der Waals surface area contributed by atoms with Gasteiger partial charge in [-0.25, -0.2) is 4.79 Å². The Morgan fingerprint density at radius 3 is 2.56 bits per heavy atom. The van der Waals surface area contributed by atoms with Crippen molar-refractivity contribution in [2.24, 2.45) is 0 Å². The molecule has 0 unspecified atom stereocenters. The van der Waals surface area contributed by atoms with Gasteiger partial charge in [0.15, 0.2) is 0 Å². The number of anilines is 3. The van der Waals surface area contributed by atoms with Gasteiger partial charge < -0.3 is 15.8 Å². The lowest BCUT2D eigenvalue weighted by Gasteiger charge is -2.23. The number of hydrogen-bond acceptors (Lipinski definition) is 4. The molecule has 1 rings (SSSR count). The Hall–Kier alpha value is -1.62. The lowest BCUT2D eigenvalue weighted by molar-refractivity contribution is 0.0609. The summed E-state index contributed by atoms with van der Waals surface area (Å²) in [6.07, 6.45) is -0.629. The van der Waals surface area contributed by atoms with Crippen molar-refractivity contribution in [3.05, 3.63) is 18.2 Å². The summed E-state index contributed by atoms with van der Waals surface area (Å²) in [6.45, 7) is 5.33. The summed E-state index contributed by atoms with van der Waals surface area (Å²) in [4.78, 5) is 11.8. The number of nitrogens with one attached hydrogen (secondary N) is 1. The summed E-state index contributed by atoms with van der Waals surface area (Å²) in [6, 6.07) is 4.99. The van der Waals surface area contributed by atoms with Crippen molar-refractivity contribution in [1.82, 2.24) is 0 Å². The third-order valence-corrected chi connectivity index (χ3v) is 2.42. The van der Waals surface area contributed by atoms with Crippen molar-refractivity contribution in [3.63, 3.8) is 0 Å². The smallest absolute Gasteiger partial charge is 0.429 e. The van der Waals surface area contributed by atoms with E-state index < -0.39 is 11.7 Å². The van der Waals surface area contributed by atoms with Gasteiger partial charge in [0, 0.05) is 18.8 Å². The van der Waals surface area contributed by atoms with Crippen LogP contribution in [-0.2, 0) is 4.74 Å². The maximum absolute atomic E-state index is 11.8. The minimum absolute atomic E-state index is 0.490. The Labute approximate surface area is 112 Å². The van der Waals surface area contributed by atoms with Crippen molar-refractivity contribution >= 4 is 34.9 Å². The lowest BCUT2D eigenvalue weighted by Crippen LogP contribution is -2.31. The highest BCUT2D eigenvalue weighted by Crippen LogP contribution is 2.27. The van der Waals surface area contributed by atoms with Gasteiger partial charge in [-0.3, -0.25) is 0 Å². The molecule has 1 aromatic rings. The molecule has 0 saturated heterocycles. The fourth-order valence-corrected chi connectivity index (χ4v) is 1.43. The molecule has 0 atom stereocenters. The molecule has 0 bridgehead atoms. The van der Waals surface area contributed by atoms with Gasteiger partial charge in [-0.2, -0.15) is 4.42 Å². The minimum atomic E-state index is -0.629. The number of rotatable bonds is 2. The zero-order valence-electron chi connectivity index (χ0n) is 11.0. The zero-order valence-corrected chi connectivity index (χ0v) is 11.7.